The molecule has 28 heavy (non-hydrogen) atoms. The SMILES string of the molecule is Cc1ccnc(Cl)c1CSc1nc2c(c(OCOC(=O)CC(=O)O)n1)CCC2. The first kappa shape index (κ1) is 20.3. The van der Waals surface area contributed by atoms with Crippen molar-refractivity contribution in [2.45, 2.75) is 43.5 Å². The Morgan fingerprint density at radius 2 is 2.14 bits per heavy atom. The number of hydrogen-bond acceptors (Lipinski definition) is 8. The molecule has 0 bridgehead atoms. The molecule has 0 radical (unpaired) electrons. The summed E-state index contributed by atoms with van der Waals surface area (Å²) in [5, 5.41) is 9.56. The Bertz CT molecular complexity index is 889. The van der Waals surface area contributed by atoms with Crippen LogP contribution in [0.2, 0.25) is 5.15 Å². The number of ether oxygens (including phenoxy) is 2. The fraction of sp³-hybridized carbons (Fsp3) is 0.389. The molecule has 0 unspecified atom stereocenters. The molecule has 0 amide bonds. The molecule has 8 nitrogen and oxygen atoms in total. The molecule has 0 saturated heterocycles. The molecule has 1 aliphatic carbocycles. The van der Waals surface area contributed by atoms with E-state index in [-0.39, 0.29) is 0 Å². The van der Waals surface area contributed by atoms with Crippen molar-refractivity contribution in [3.05, 3.63) is 39.8 Å². The van der Waals surface area contributed by atoms with Crippen LogP contribution >= 0.6 is 23.4 Å². The van der Waals surface area contributed by atoms with Gasteiger partial charge in [-0.25, -0.2) is 9.97 Å². The number of aliphatic carboxylic acids is 1. The predicted molar refractivity (Wildman–Crippen MR) is 101 cm³/mol. The van der Waals surface area contributed by atoms with Crippen LogP contribution < -0.4 is 4.74 Å². The molecule has 0 aliphatic heterocycles. The molecule has 148 valence electrons. The van der Waals surface area contributed by atoms with Crippen LogP contribution in [0.1, 0.15) is 35.2 Å². The lowest BCUT2D eigenvalue weighted by Crippen LogP contribution is -2.15. The Morgan fingerprint density at radius 3 is 2.89 bits per heavy atom. The van der Waals surface area contributed by atoms with E-state index in [0.29, 0.717) is 21.9 Å². The van der Waals surface area contributed by atoms with Crippen molar-refractivity contribution in [1.82, 2.24) is 15.0 Å². The Balaban J connectivity index is 1.69. The van der Waals surface area contributed by atoms with Gasteiger partial charge in [-0.1, -0.05) is 23.4 Å². The molecule has 0 spiro atoms. The minimum absolute atomic E-state index is 0.363. The molecular formula is C18H18ClN3O5S. The molecule has 0 aromatic carbocycles. The number of aromatic nitrogens is 3. The Labute approximate surface area is 170 Å². The van der Waals surface area contributed by atoms with Crippen LogP contribution in [0.25, 0.3) is 0 Å². The lowest BCUT2D eigenvalue weighted by molar-refractivity contribution is -0.156. The van der Waals surface area contributed by atoms with Crippen molar-refractivity contribution >= 4 is 35.3 Å². The lowest BCUT2D eigenvalue weighted by Gasteiger charge is -2.12. The maximum absolute atomic E-state index is 11.3. The molecule has 0 fully saturated rings. The molecule has 0 saturated carbocycles. The minimum atomic E-state index is -1.25. The van der Waals surface area contributed by atoms with Gasteiger partial charge >= 0.3 is 11.9 Å². The zero-order chi connectivity index (χ0) is 20.1. The summed E-state index contributed by atoms with van der Waals surface area (Å²) in [4.78, 5) is 35.0. The van der Waals surface area contributed by atoms with Crippen molar-refractivity contribution < 1.29 is 24.2 Å². The first-order valence-electron chi connectivity index (χ1n) is 8.57. The van der Waals surface area contributed by atoms with Gasteiger partial charge in [0.25, 0.3) is 0 Å². The van der Waals surface area contributed by atoms with Crippen molar-refractivity contribution in [1.29, 1.82) is 0 Å². The molecular weight excluding hydrogens is 406 g/mol. The highest BCUT2D eigenvalue weighted by molar-refractivity contribution is 7.98. The average molecular weight is 424 g/mol. The van der Waals surface area contributed by atoms with Gasteiger partial charge in [-0.15, -0.1) is 0 Å². The van der Waals surface area contributed by atoms with Crippen molar-refractivity contribution in [3.8, 4) is 5.88 Å². The van der Waals surface area contributed by atoms with Crippen LogP contribution in [-0.4, -0.2) is 38.8 Å². The van der Waals surface area contributed by atoms with E-state index < -0.39 is 25.2 Å². The maximum Gasteiger partial charge on any atom is 0.320 e. The maximum atomic E-state index is 11.3. The Morgan fingerprint density at radius 1 is 1.32 bits per heavy atom. The van der Waals surface area contributed by atoms with Crippen molar-refractivity contribution in [3.63, 3.8) is 0 Å². The first-order chi connectivity index (χ1) is 13.4. The summed E-state index contributed by atoms with van der Waals surface area (Å²) in [6.45, 7) is 1.57. The minimum Gasteiger partial charge on any atom is -0.481 e. The van der Waals surface area contributed by atoms with E-state index >= 15 is 0 Å². The van der Waals surface area contributed by atoms with Crippen LogP contribution in [0.3, 0.4) is 0 Å². The quantitative estimate of drug-likeness (QED) is 0.171. The molecule has 2 heterocycles. The van der Waals surface area contributed by atoms with Crippen LogP contribution in [0, 0.1) is 6.92 Å². The van der Waals surface area contributed by atoms with Gasteiger partial charge in [0.1, 0.15) is 11.6 Å². The van der Waals surface area contributed by atoms with E-state index in [1.165, 1.54) is 11.8 Å². The molecule has 3 rings (SSSR count). The number of carbonyl (C=O) groups is 2. The van der Waals surface area contributed by atoms with Crippen LogP contribution in [-0.2, 0) is 32.9 Å². The summed E-state index contributed by atoms with van der Waals surface area (Å²) in [5.74, 6) is -1.20. The zero-order valence-corrected chi connectivity index (χ0v) is 16.7. The number of nitrogens with zero attached hydrogens (tertiary/aromatic N) is 3. The first-order valence-corrected chi connectivity index (χ1v) is 9.93. The molecule has 0 atom stereocenters. The standard InChI is InChI=1S/C18H18ClN3O5S/c1-10-5-6-20-16(19)12(10)8-28-18-21-13-4-2-3-11(13)17(22-18)27-9-26-15(25)7-14(23)24/h5-6H,2-4,7-9H2,1H3,(H,23,24). The fourth-order valence-corrected chi connectivity index (χ4v) is 4.06. The highest BCUT2D eigenvalue weighted by Gasteiger charge is 2.21. The number of pyridine rings is 1. The fourth-order valence-electron chi connectivity index (χ4n) is 2.75. The third-order valence-electron chi connectivity index (χ3n) is 4.17. The smallest absolute Gasteiger partial charge is 0.320 e. The third-order valence-corrected chi connectivity index (χ3v) is 5.37. The number of hydrogen-bond donors (Lipinski definition) is 1. The van der Waals surface area contributed by atoms with Gasteiger partial charge < -0.3 is 14.6 Å². The molecule has 2 aromatic rings. The summed E-state index contributed by atoms with van der Waals surface area (Å²) in [7, 11) is 0. The van der Waals surface area contributed by atoms with E-state index in [9.17, 15) is 9.59 Å². The van der Waals surface area contributed by atoms with Crippen molar-refractivity contribution in [2.24, 2.45) is 0 Å². The van der Waals surface area contributed by atoms with E-state index in [2.05, 4.69) is 15.0 Å². The van der Waals surface area contributed by atoms with Gasteiger partial charge in [0, 0.05) is 23.1 Å². The number of rotatable bonds is 8. The van der Waals surface area contributed by atoms with E-state index in [4.69, 9.17) is 26.2 Å². The Kier molecular flexibility index (Phi) is 6.69. The highest BCUT2D eigenvalue weighted by atomic mass is 35.5. The number of halogens is 1. The van der Waals surface area contributed by atoms with Crippen LogP contribution in [0.4, 0.5) is 0 Å². The number of carboxylic acid groups (broad SMARTS) is 1. The number of carboxylic acids is 1. The van der Waals surface area contributed by atoms with E-state index in [1.807, 2.05) is 13.0 Å². The summed E-state index contributed by atoms with van der Waals surface area (Å²) in [5.41, 5.74) is 3.77. The summed E-state index contributed by atoms with van der Waals surface area (Å²) < 4.78 is 10.3. The van der Waals surface area contributed by atoms with Crippen LogP contribution in [0.5, 0.6) is 5.88 Å². The van der Waals surface area contributed by atoms with E-state index in [0.717, 1.165) is 41.6 Å². The zero-order valence-electron chi connectivity index (χ0n) is 15.1. The lowest BCUT2D eigenvalue weighted by atomic mass is 10.2. The topological polar surface area (TPSA) is 112 Å². The summed E-state index contributed by atoms with van der Waals surface area (Å²) in [6.07, 6.45) is 3.51. The molecule has 10 heteroatoms. The Hall–Kier alpha value is -2.39. The van der Waals surface area contributed by atoms with Gasteiger partial charge in [-0.3, -0.25) is 9.59 Å². The van der Waals surface area contributed by atoms with Gasteiger partial charge in [-0.2, -0.15) is 4.98 Å². The number of aryl methyl sites for hydroxylation is 2. The normalized spacial score (nSPS) is 12.5. The number of fused-ring (bicyclic) bond motifs is 1. The van der Waals surface area contributed by atoms with Gasteiger partial charge in [0.15, 0.2) is 5.16 Å². The van der Waals surface area contributed by atoms with Gasteiger partial charge in [0.05, 0.1) is 5.69 Å². The second kappa shape index (κ2) is 9.20. The number of esters is 1. The summed E-state index contributed by atoms with van der Waals surface area (Å²) in [6, 6.07) is 1.89. The number of thioether (sulfide) groups is 1. The van der Waals surface area contributed by atoms with Crippen molar-refractivity contribution in [2.75, 3.05) is 6.79 Å². The largest absolute Gasteiger partial charge is 0.481 e. The molecule has 1 N–H and O–H groups in total. The van der Waals surface area contributed by atoms with Gasteiger partial charge in [0.2, 0.25) is 12.7 Å². The molecule has 1 aliphatic rings. The second-order valence-electron chi connectivity index (χ2n) is 6.13. The third kappa shape index (κ3) is 5.11. The van der Waals surface area contributed by atoms with Crippen LogP contribution in [0.15, 0.2) is 17.4 Å². The monoisotopic (exact) mass is 423 g/mol. The highest BCUT2D eigenvalue weighted by Crippen LogP contribution is 2.32. The van der Waals surface area contributed by atoms with Gasteiger partial charge in [-0.05, 0) is 37.8 Å². The number of carbonyl (C=O) groups excluding carboxylic acids is 1. The molecule has 2 aromatic heterocycles. The predicted octanol–water partition coefficient (Wildman–Crippen LogP) is 2.97. The summed E-state index contributed by atoms with van der Waals surface area (Å²) >= 11 is 7.59. The average Bonchev–Trinajstić information content (AvgIpc) is 3.09. The second-order valence-corrected chi connectivity index (χ2v) is 7.43. The van der Waals surface area contributed by atoms with E-state index in [1.54, 1.807) is 6.20 Å².